The van der Waals surface area contributed by atoms with Crippen molar-refractivity contribution in [2.24, 2.45) is 0 Å². The van der Waals surface area contributed by atoms with Gasteiger partial charge in [0.25, 0.3) is 0 Å². The Balaban J connectivity index is 2.59. The van der Waals surface area contributed by atoms with Crippen molar-refractivity contribution in [3.8, 4) is 11.1 Å². The molecular formula is C11H11N2. The van der Waals surface area contributed by atoms with Crippen molar-refractivity contribution in [3.05, 3.63) is 41.7 Å². The molecule has 0 aliphatic heterocycles. The second kappa shape index (κ2) is 3.05. The van der Waals surface area contributed by atoms with E-state index in [0.717, 1.165) is 11.4 Å². The van der Waals surface area contributed by atoms with Gasteiger partial charge in [-0.3, -0.25) is 5.10 Å². The van der Waals surface area contributed by atoms with Gasteiger partial charge in [0.05, 0.1) is 5.69 Å². The smallest absolute Gasteiger partial charge is 0.0672 e. The van der Waals surface area contributed by atoms with Crippen LogP contribution in [0.3, 0.4) is 0 Å². The number of rotatable bonds is 1. The van der Waals surface area contributed by atoms with E-state index in [1.165, 1.54) is 11.1 Å². The maximum absolute atomic E-state index is 4.16. The van der Waals surface area contributed by atoms with Crippen LogP contribution in [0.5, 0.6) is 0 Å². The number of nitrogens with zero attached hydrogens (tertiary/aromatic N) is 1. The lowest BCUT2D eigenvalue weighted by Gasteiger charge is -1.99. The number of aromatic nitrogens is 2. The van der Waals surface area contributed by atoms with E-state index < -0.39 is 0 Å². The van der Waals surface area contributed by atoms with Crippen LogP contribution < -0.4 is 0 Å². The van der Waals surface area contributed by atoms with Gasteiger partial charge in [-0.15, -0.1) is 0 Å². The third kappa shape index (κ3) is 1.35. The minimum absolute atomic E-state index is 1.05. The SMILES string of the molecule is Cc1n[nH]c(C)c1-c1cc[c]cc1. The molecule has 1 aromatic carbocycles. The van der Waals surface area contributed by atoms with E-state index in [-0.39, 0.29) is 0 Å². The van der Waals surface area contributed by atoms with Crippen molar-refractivity contribution in [1.82, 2.24) is 10.2 Å². The number of aromatic amines is 1. The fourth-order valence-corrected chi connectivity index (χ4v) is 1.53. The first-order valence-corrected chi connectivity index (χ1v) is 4.27. The first-order valence-electron chi connectivity index (χ1n) is 4.27. The van der Waals surface area contributed by atoms with Crippen LogP contribution in [0.2, 0.25) is 0 Å². The van der Waals surface area contributed by atoms with Crippen LogP contribution in [-0.2, 0) is 0 Å². The van der Waals surface area contributed by atoms with Gasteiger partial charge in [-0.2, -0.15) is 5.10 Å². The molecule has 0 atom stereocenters. The van der Waals surface area contributed by atoms with E-state index in [4.69, 9.17) is 0 Å². The van der Waals surface area contributed by atoms with Gasteiger partial charge in [0.1, 0.15) is 0 Å². The molecule has 2 aromatic rings. The highest BCUT2D eigenvalue weighted by molar-refractivity contribution is 5.67. The average molecular weight is 171 g/mol. The molecule has 0 saturated heterocycles. The fraction of sp³-hybridized carbons (Fsp3) is 0.182. The topological polar surface area (TPSA) is 28.7 Å². The molecule has 0 saturated carbocycles. The molecule has 2 rings (SSSR count). The lowest BCUT2D eigenvalue weighted by atomic mass is 10.0. The molecule has 1 N–H and O–H groups in total. The van der Waals surface area contributed by atoms with Crippen molar-refractivity contribution in [3.63, 3.8) is 0 Å². The molecule has 0 amide bonds. The quantitative estimate of drug-likeness (QED) is 0.701. The molecule has 0 spiro atoms. The summed E-state index contributed by atoms with van der Waals surface area (Å²) in [6.07, 6.45) is 0. The largest absolute Gasteiger partial charge is 0.282 e. The van der Waals surface area contributed by atoms with E-state index in [1.807, 2.05) is 38.1 Å². The highest BCUT2D eigenvalue weighted by Gasteiger charge is 2.07. The van der Waals surface area contributed by atoms with Crippen molar-refractivity contribution in [2.75, 3.05) is 0 Å². The van der Waals surface area contributed by atoms with Gasteiger partial charge in [0, 0.05) is 11.3 Å². The molecule has 65 valence electrons. The molecule has 0 fully saturated rings. The minimum atomic E-state index is 1.05. The van der Waals surface area contributed by atoms with E-state index in [0.29, 0.717) is 0 Å². The van der Waals surface area contributed by atoms with E-state index in [9.17, 15) is 0 Å². The summed E-state index contributed by atoms with van der Waals surface area (Å²) in [6, 6.07) is 10.9. The van der Waals surface area contributed by atoms with Crippen LogP contribution in [0, 0.1) is 19.9 Å². The van der Waals surface area contributed by atoms with Crippen LogP contribution in [-0.4, -0.2) is 10.2 Å². The molecule has 0 unspecified atom stereocenters. The molecular weight excluding hydrogens is 160 g/mol. The summed E-state index contributed by atoms with van der Waals surface area (Å²) in [6.45, 7) is 4.04. The predicted molar refractivity (Wildman–Crippen MR) is 52.3 cm³/mol. The Labute approximate surface area is 77.6 Å². The maximum atomic E-state index is 4.16. The average Bonchev–Trinajstić information content (AvgIpc) is 2.48. The molecule has 13 heavy (non-hydrogen) atoms. The summed E-state index contributed by atoms with van der Waals surface area (Å²) in [5, 5.41) is 7.13. The van der Waals surface area contributed by atoms with Gasteiger partial charge in [-0.1, -0.05) is 24.3 Å². The highest BCUT2D eigenvalue weighted by Crippen LogP contribution is 2.24. The molecule has 1 aromatic heterocycles. The van der Waals surface area contributed by atoms with E-state index in [2.05, 4.69) is 16.3 Å². The highest BCUT2D eigenvalue weighted by atomic mass is 15.1. The van der Waals surface area contributed by atoms with Crippen molar-refractivity contribution in [1.29, 1.82) is 0 Å². The monoisotopic (exact) mass is 171 g/mol. The predicted octanol–water partition coefficient (Wildman–Crippen LogP) is 2.49. The number of hydrogen-bond donors (Lipinski definition) is 1. The van der Waals surface area contributed by atoms with Crippen molar-refractivity contribution in [2.45, 2.75) is 13.8 Å². The van der Waals surface area contributed by atoms with Crippen molar-refractivity contribution < 1.29 is 0 Å². The second-order valence-electron chi connectivity index (χ2n) is 3.10. The zero-order valence-electron chi connectivity index (χ0n) is 7.76. The number of nitrogens with one attached hydrogen (secondary N) is 1. The maximum Gasteiger partial charge on any atom is 0.0672 e. The summed E-state index contributed by atoms with van der Waals surface area (Å²) < 4.78 is 0. The van der Waals surface area contributed by atoms with Crippen LogP contribution >= 0.6 is 0 Å². The molecule has 0 aliphatic rings. The van der Waals surface area contributed by atoms with Crippen molar-refractivity contribution >= 4 is 0 Å². The molecule has 0 bridgehead atoms. The Kier molecular flexibility index (Phi) is 1.89. The van der Waals surface area contributed by atoms with Gasteiger partial charge in [0.15, 0.2) is 0 Å². The third-order valence-electron chi connectivity index (χ3n) is 2.14. The Hall–Kier alpha value is -1.57. The lowest BCUT2D eigenvalue weighted by molar-refractivity contribution is 1.02. The van der Waals surface area contributed by atoms with Gasteiger partial charge in [-0.05, 0) is 25.5 Å². The van der Waals surface area contributed by atoms with E-state index in [1.54, 1.807) is 0 Å². The first kappa shape index (κ1) is 8.05. The Morgan fingerprint density at radius 2 is 1.92 bits per heavy atom. The Morgan fingerprint density at radius 1 is 1.23 bits per heavy atom. The van der Waals surface area contributed by atoms with Crippen LogP contribution in [0.25, 0.3) is 11.1 Å². The molecule has 2 heteroatoms. The molecule has 1 heterocycles. The summed E-state index contributed by atoms with van der Waals surface area (Å²) in [4.78, 5) is 0. The Bertz CT molecular complexity index is 382. The number of hydrogen-bond acceptors (Lipinski definition) is 1. The summed E-state index contributed by atoms with van der Waals surface area (Å²) >= 11 is 0. The minimum Gasteiger partial charge on any atom is -0.282 e. The number of H-pyrrole nitrogens is 1. The van der Waals surface area contributed by atoms with Gasteiger partial charge >= 0.3 is 0 Å². The van der Waals surface area contributed by atoms with Gasteiger partial charge < -0.3 is 0 Å². The van der Waals surface area contributed by atoms with Crippen LogP contribution in [0.15, 0.2) is 24.3 Å². The fourth-order valence-electron chi connectivity index (χ4n) is 1.53. The lowest BCUT2D eigenvalue weighted by Crippen LogP contribution is -1.80. The second-order valence-corrected chi connectivity index (χ2v) is 3.10. The third-order valence-corrected chi connectivity index (χ3v) is 2.14. The summed E-state index contributed by atoms with van der Waals surface area (Å²) in [5.74, 6) is 0. The Morgan fingerprint density at radius 3 is 2.46 bits per heavy atom. The summed E-state index contributed by atoms with van der Waals surface area (Å²) in [5.41, 5.74) is 4.56. The number of aryl methyl sites for hydroxylation is 2. The molecule has 2 nitrogen and oxygen atoms in total. The molecule has 1 radical (unpaired) electrons. The van der Waals surface area contributed by atoms with Crippen LogP contribution in [0.1, 0.15) is 11.4 Å². The van der Waals surface area contributed by atoms with Gasteiger partial charge in [-0.25, -0.2) is 0 Å². The van der Waals surface area contributed by atoms with E-state index >= 15 is 0 Å². The standard InChI is InChI=1S/C11H11N2/c1-8-11(9(2)13-12-8)10-6-4-3-5-7-10/h4-7H,1-2H3,(H,12,13). The normalized spacial score (nSPS) is 10.3. The first-order chi connectivity index (χ1) is 6.29. The number of benzene rings is 1. The van der Waals surface area contributed by atoms with Gasteiger partial charge in [0.2, 0.25) is 0 Å². The zero-order valence-corrected chi connectivity index (χ0v) is 7.76. The van der Waals surface area contributed by atoms with Crippen LogP contribution in [0.4, 0.5) is 0 Å². The zero-order chi connectivity index (χ0) is 9.26. The summed E-state index contributed by atoms with van der Waals surface area (Å²) in [7, 11) is 0. The molecule has 0 aliphatic carbocycles.